The molecule has 0 aliphatic carbocycles. The van der Waals surface area contributed by atoms with E-state index < -0.39 is 18.0 Å². The van der Waals surface area contributed by atoms with Gasteiger partial charge in [-0.15, -0.1) is 11.3 Å². The fourth-order valence-corrected chi connectivity index (χ4v) is 3.69. The Bertz CT molecular complexity index is 1050. The minimum absolute atomic E-state index is 0.00960. The summed E-state index contributed by atoms with van der Waals surface area (Å²) in [6.45, 7) is 3.33. The predicted molar refractivity (Wildman–Crippen MR) is 118 cm³/mol. The predicted octanol–water partition coefficient (Wildman–Crippen LogP) is 4.89. The lowest BCUT2D eigenvalue weighted by Gasteiger charge is -2.16. The normalized spacial score (nSPS) is 11.6. The van der Waals surface area contributed by atoms with E-state index in [0.29, 0.717) is 22.2 Å². The highest BCUT2D eigenvalue weighted by molar-refractivity contribution is 7.13. The van der Waals surface area contributed by atoms with Crippen molar-refractivity contribution in [1.82, 2.24) is 4.98 Å². The van der Waals surface area contributed by atoms with Crippen LogP contribution in [0.3, 0.4) is 0 Å². The first-order chi connectivity index (χ1) is 14.4. The van der Waals surface area contributed by atoms with Crippen molar-refractivity contribution in [1.29, 1.82) is 0 Å². The van der Waals surface area contributed by atoms with Crippen LogP contribution in [0, 0.1) is 6.92 Å². The van der Waals surface area contributed by atoms with E-state index in [4.69, 9.17) is 21.1 Å². The lowest BCUT2D eigenvalue weighted by atomic mass is 10.2. The maximum absolute atomic E-state index is 12.5. The fourth-order valence-electron chi connectivity index (χ4n) is 2.71. The molecule has 6 nitrogen and oxygen atoms in total. The first-order valence-electron chi connectivity index (χ1n) is 9.21. The van der Waals surface area contributed by atoms with Gasteiger partial charge in [0.2, 0.25) is 0 Å². The third kappa shape index (κ3) is 5.37. The molecule has 2 aromatic carbocycles. The number of halogens is 1. The van der Waals surface area contributed by atoms with Crippen LogP contribution in [0.4, 0.5) is 5.69 Å². The summed E-state index contributed by atoms with van der Waals surface area (Å²) in [6, 6.07) is 13.0. The van der Waals surface area contributed by atoms with Gasteiger partial charge in [0.15, 0.2) is 6.10 Å². The number of anilines is 1. The van der Waals surface area contributed by atoms with Gasteiger partial charge >= 0.3 is 5.97 Å². The molecule has 0 fully saturated rings. The number of ether oxygens (including phenoxy) is 2. The topological polar surface area (TPSA) is 77.5 Å². The second-order valence-electron chi connectivity index (χ2n) is 6.61. The number of aromatic nitrogens is 1. The second-order valence-corrected chi connectivity index (χ2v) is 7.88. The lowest BCUT2D eigenvalue weighted by Crippen LogP contribution is -2.30. The number of rotatable bonds is 7. The third-order valence-electron chi connectivity index (χ3n) is 4.31. The summed E-state index contributed by atoms with van der Waals surface area (Å²) in [7, 11) is 1.48. The molecular weight excluding hydrogens is 424 g/mol. The molecule has 0 spiro atoms. The average molecular weight is 445 g/mol. The summed E-state index contributed by atoms with van der Waals surface area (Å²) in [4.78, 5) is 29.2. The van der Waals surface area contributed by atoms with Crippen LogP contribution in [-0.2, 0) is 20.7 Å². The summed E-state index contributed by atoms with van der Waals surface area (Å²) >= 11 is 7.54. The van der Waals surface area contributed by atoms with Gasteiger partial charge in [-0.3, -0.25) is 9.59 Å². The van der Waals surface area contributed by atoms with Crippen LogP contribution >= 0.6 is 22.9 Å². The number of esters is 1. The van der Waals surface area contributed by atoms with Gasteiger partial charge in [-0.2, -0.15) is 0 Å². The Balaban J connectivity index is 1.59. The van der Waals surface area contributed by atoms with Crippen molar-refractivity contribution in [2.45, 2.75) is 26.4 Å². The maximum Gasteiger partial charge on any atom is 0.312 e. The van der Waals surface area contributed by atoms with Crippen LogP contribution in [0.1, 0.15) is 18.2 Å². The van der Waals surface area contributed by atoms with E-state index in [-0.39, 0.29) is 6.42 Å². The third-order valence-corrected chi connectivity index (χ3v) is 5.66. The molecule has 1 N–H and O–H groups in total. The molecule has 0 bridgehead atoms. The monoisotopic (exact) mass is 444 g/mol. The van der Waals surface area contributed by atoms with Crippen LogP contribution in [0.5, 0.6) is 5.75 Å². The molecule has 0 saturated heterocycles. The molecule has 3 rings (SSSR count). The smallest absolute Gasteiger partial charge is 0.312 e. The number of benzene rings is 2. The molecule has 3 aromatic rings. The van der Waals surface area contributed by atoms with Crippen molar-refractivity contribution in [3.05, 3.63) is 64.1 Å². The number of hydrogen-bond donors (Lipinski definition) is 1. The highest BCUT2D eigenvalue weighted by atomic mass is 35.5. The van der Waals surface area contributed by atoms with Gasteiger partial charge in [0, 0.05) is 22.0 Å². The molecule has 1 amide bonds. The molecule has 30 heavy (non-hydrogen) atoms. The average Bonchev–Trinajstić information content (AvgIpc) is 3.19. The number of nitrogens with zero attached hydrogens (tertiary/aromatic N) is 1. The molecule has 0 saturated carbocycles. The van der Waals surface area contributed by atoms with Gasteiger partial charge in [0.25, 0.3) is 5.91 Å². The first-order valence-corrected chi connectivity index (χ1v) is 10.5. The van der Waals surface area contributed by atoms with E-state index in [9.17, 15) is 9.59 Å². The van der Waals surface area contributed by atoms with Gasteiger partial charge in [-0.25, -0.2) is 4.98 Å². The number of methoxy groups -OCH3 is 1. The Morgan fingerprint density at radius 1 is 1.23 bits per heavy atom. The number of carbonyl (C=O) groups is 2. The molecule has 1 aromatic heterocycles. The standard InChI is InChI=1S/C22H21ClN2O4S/c1-13-9-18(19(28-3)11-17(13)23)25-21(27)14(2)29-20(26)10-16-12-30-22(24-16)15-7-5-4-6-8-15/h4-9,11-12,14H,10H2,1-3H3,(H,25,27). The highest BCUT2D eigenvalue weighted by Gasteiger charge is 2.21. The van der Waals surface area contributed by atoms with Gasteiger partial charge in [0.05, 0.1) is 24.9 Å². The minimum Gasteiger partial charge on any atom is -0.495 e. The summed E-state index contributed by atoms with van der Waals surface area (Å²) in [5, 5.41) is 5.88. The number of aryl methyl sites for hydroxylation is 1. The Kier molecular flexibility index (Phi) is 7.07. The van der Waals surface area contributed by atoms with Crippen molar-refractivity contribution in [3.63, 3.8) is 0 Å². The quantitative estimate of drug-likeness (QED) is 0.525. The van der Waals surface area contributed by atoms with Crippen molar-refractivity contribution >= 4 is 40.5 Å². The van der Waals surface area contributed by atoms with Gasteiger partial charge < -0.3 is 14.8 Å². The van der Waals surface area contributed by atoms with E-state index in [2.05, 4.69) is 10.3 Å². The van der Waals surface area contributed by atoms with E-state index in [1.54, 1.807) is 12.1 Å². The molecular formula is C22H21ClN2O4S. The zero-order chi connectivity index (χ0) is 21.7. The van der Waals surface area contributed by atoms with Gasteiger partial charge in [0.1, 0.15) is 10.8 Å². The first kappa shape index (κ1) is 21.8. The van der Waals surface area contributed by atoms with E-state index in [1.165, 1.54) is 25.4 Å². The number of hydrogen-bond acceptors (Lipinski definition) is 6. The number of carbonyl (C=O) groups excluding carboxylic acids is 2. The summed E-state index contributed by atoms with van der Waals surface area (Å²) in [5.74, 6) is -0.568. The number of nitrogens with one attached hydrogen (secondary N) is 1. The molecule has 1 unspecified atom stereocenters. The van der Waals surface area contributed by atoms with Gasteiger partial charge in [-0.1, -0.05) is 41.9 Å². The number of amides is 1. The summed E-state index contributed by atoms with van der Waals surface area (Å²) in [6.07, 6.45) is -0.991. The molecule has 0 aliphatic heterocycles. The SMILES string of the molecule is COc1cc(Cl)c(C)cc1NC(=O)C(C)OC(=O)Cc1csc(-c2ccccc2)n1. The van der Waals surface area contributed by atoms with Crippen LogP contribution in [0.25, 0.3) is 10.6 Å². The Hall–Kier alpha value is -2.90. The summed E-state index contributed by atoms with van der Waals surface area (Å²) < 4.78 is 10.5. The molecule has 8 heteroatoms. The molecule has 1 heterocycles. The molecule has 0 aliphatic rings. The highest BCUT2D eigenvalue weighted by Crippen LogP contribution is 2.31. The van der Waals surface area contributed by atoms with Crippen LogP contribution in [0.15, 0.2) is 47.8 Å². The minimum atomic E-state index is -0.981. The van der Waals surface area contributed by atoms with Gasteiger partial charge in [-0.05, 0) is 25.5 Å². The zero-order valence-electron chi connectivity index (χ0n) is 16.8. The molecule has 156 valence electrons. The second kappa shape index (κ2) is 9.73. The van der Waals surface area contributed by atoms with Crippen LogP contribution < -0.4 is 10.1 Å². The van der Waals surface area contributed by atoms with Crippen molar-refractivity contribution < 1.29 is 19.1 Å². The Morgan fingerprint density at radius 3 is 2.67 bits per heavy atom. The Morgan fingerprint density at radius 2 is 1.97 bits per heavy atom. The number of thiazole rings is 1. The maximum atomic E-state index is 12.5. The zero-order valence-corrected chi connectivity index (χ0v) is 18.3. The van der Waals surface area contributed by atoms with E-state index in [1.807, 2.05) is 42.6 Å². The van der Waals surface area contributed by atoms with Crippen molar-refractivity contribution in [2.24, 2.45) is 0 Å². The van der Waals surface area contributed by atoms with Crippen molar-refractivity contribution in [2.75, 3.05) is 12.4 Å². The van der Waals surface area contributed by atoms with Crippen LogP contribution in [0.2, 0.25) is 5.02 Å². The molecule has 0 radical (unpaired) electrons. The Labute approximate surface area is 183 Å². The largest absolute Gasteiger partial charge is 0.495 e. The summed E-state index contributed by atoms with van der Waals surface area (Å²) in [5.41, 5.74) is 2.84. The fraction of sp³-hybridized carbons (Fsp3) is 0.227. The lowest BCUT2D eigenvalue weighted by molar-refractivity contribution is -0.152. The van der Waals surface area contributed by atoms with Crippen LogP contribution in [-0.4, -0.2) is 30.1 Å². The molecule has 1 atom stereocenters. The van der Waals surface area contributed by atoms with E-state index >= 15 is 0 Å². The van der Waals surface area contributed by atoms with E-state index in [0.717, 1.165) is 16.1 Å². The van der Waals surface area contributed by atoms with Crippen molar-refractivity contribution in [3.8, 4) is 16.3 Å².